The molecule has 1 amide bonds. The molecule has 20 heavy (non-hydrogen) atoms. The zero-order chi connectivity index (χ0) is 14.5. The number of para-hydroxylation sites is 1. The number of nitrogens with zero attached hydrogens (tertiary/aromatic N) is 1. The van der Waals surface area contributed by atoms with Crippen molar-refractivity contribution in [2.75, 3.05) is 18.6 Å². The number of methoxy groups -OCH3 is 1. The maximum Gasteiger partial charge on any atom is 0.334 e. The van der Waals surface area contributed by atoms with E-state index >= 15 is 0 Å². The van der Waals surface area contributed by atoms with Gasteiger partial charge in [0, 0.05) is 23.4 Å². The van der Waals surface area contributed by atoms with Gasteiger partial charge in [-0.1, -0.05) is 18.2 Å². The Hall–Kier alpha value is -2.10. The van der Waals surface area contributed by atoms with Gasteiger partial charge in [0.05, 0.1) is 7.11 Å². The Morgan fingerprint density at radius 3 is 2.40 bits per heavy atom. The summed E-state index contributed by atoms with van der Waals surface area (Å²) < 4.78 is 4.77. The molecule has 1 aliphatic carbocycles. The predicted octanol–water partition coefficient (Wildman–Crippen LogP) is 2.69. The quantitative estimate of drug-likeness (QED) is 0.792. The molecule has 0 fully saturated rings. The minimum Gasteiger partial charge on any atom is -0.466 e. The van der Waals surface area contributed by atoms with E-state index in [-0.39, 0.29) is 11.9 Å². The van der Waals surface area contributed by atoms with Gasteiger partial charge >= 0.3 is 5.97 Å². The number of carbonyl (C=O) groups excluding carboxylic acids is 2. The fourth-order valence-electron chi connectivity index (χ4n) is 2.54. The highest BCUT2D eigenvalue weighted by Crippen LogP contribution is 2.29. The van der Waals surface area contributed by atoms with Gasteiger partial charge in [0.15, 0.2) is 0 Å². The lowest BCUT2D eigenvalue weighted by Crippen LogP contribution is -2.32. The Morgan fingerprint density at radius 1 is 1.15 bits per heavy atom. The van der Waals surface area contributed by atoms with E-state index in [2.05, 4.69) is 0 Å². The zero-order valence-corrected chi connectivity index (χ0v) is 11.9. The van der Waals surface area contributed by atoms with Crippen molar-refractivity contribution < 1.29 is 14.3 Å². The van der Waals surface area contributed by atoms with Crippen LogP contribution in [0.2, 0.25) is 0 Å². The van der Waals surface area contributed by atoms with Gasteiger partial charge < -0.3 is 9.64 Å². The van der Waals surface area contributed by atoms with E-state index in [4.69, 9.17) is 4.74 Å². The van der Waals surface area contributed by atoms with Crippen LogP contribution in [-0.4, -0.2) is 25.5 Å². The minimum absolute atomic E-state index is 0.0865. The van der Waals surface area contributed by atoms with Crippen molar-refractivity contribution in [2.45, 2.75) is 26.2 Å². The van der Waals surface area contributed by atoms with E-state index in [1.54, 1.807) is 4.90 Å². The number of likely N-dealkylation sites (N-methyl/N-ethyl adjacent to an activating group) is 1. The number of carbonyl (C=O) groups is 2. The van der Waals surface area contributed by atoms with Crippen LogP contribution in [0, 0.1) is 0 Å². The molecule has 0 radical (unpaired) electrons. The zero-order valence-electron chi connectivity index (χ0n) is 11.9. The maximum atomic E-state index is 12.7. The molecular formula is C16H19NO3. The first kappa shape index (κ1) is 14.3. The topological polar surface area (TPSA) is 46.6 Å². The maximum absolute atomic E-state index is 12.7. The van der Waals surface area contributed by atoms with Crippen molar-refractivity contribution in [3.05, 3.63) is 41.5 Å². The van der Waals surface area contributed by atoms with Crippen LogP contribution in [0.15, 0.2) is 41.5 Å². The molecule has 1 aromatic carbocycles. The first-order valence-corrected chi connectivity index (χ1v) is 6.86. The van der Waals surface area contributed by atoms with Gasteiger partial charge in [-0.05, 0) is 38.3 Å². The van der Waals surface area contributed by atoms with Crippen LogP contribution < -0.4 is 4.90 Å². The second kappa shape index (κ2) is 6.37. The van der Waals surface area contributed by atoms with Crippen LogP contribution in [-0.2, 0) is 14.3 Å². The molecule has 0 spiro atoms. The summed E-state index contributed by atoms with van der Waals surface area (Å²) in [5, 5.41) is 0. The number of amides is 1. The van der Waals surface area contributed by atoms with Gasteiger partial charge in [-0.2, -0.15) is 0 Å². The molecule has 0 N–H and O–H groups in total. The first-order chi connectivity index (χ1) is 9.69. The van der Waals surface area contributed by atoms with E-state index < -0.39 is 0 Å². The number of rotatable bonds is 4. The summed E-state index contributed by atoms with van der Waals surface area (Å²) in [6.45, 7) is 2.50. The Bertz CT molecular complexity index is 534. The second-order valence-electron chi connectivity index (χ2n) is 4.69. The molecule has 0 atom stereocenters. The lowest BCUT2D eigenvalue weighted by Gasteiger charge is -2.22. The molecule has 0 saturated heterocycles. The predicted molar refractivity (Wildman–Crippen MR) is 77.4 cm³/mol. The molecule has 1 aliphatic rings. The Kier molecular flexibility index (Phi) is 4.56. The second-order valence-corrected chi connectivity index (χ2v) is 4.69. The molecule has 0 aliphatic heterocycles. The third-order valence-electron chi connectivity index (χ3n) is 3.54. The van der Waals surface area contributed by atoms with E-state index in [0.29, 0.717) is 30.5 Å². The van der Waals surface area contributed by atoms with Crippen molar-refractivity contribution >= 4 is 17.6 Å². The lowest BCUT2D eigenvalue weighted by atomic mass is 10.1. The number of anilines is 1. The highest BCUT2D eigenvalue weighted by atomic mass is 16.5. The summed E-state index contributed by atoms with van der Waals surface area (Å²) >= 11 is 0. The van der Waals surface area contributed by atoms with Crippen LogP contribution in [0.5, 0.6) is 0 Å². The molecule has 0 heterocycles. The van der Waals surface area contributed by atoms with Gasteiger partial charge in [-0.3, -0.25) is 4.79 Å². The molecule has 2 rings (SSSR count). The van der Waals surface area contributed by atoms with Gasteiger partial charge in [-0.15, -0.1) is 0 Å². The van der Waals surface area contributed by atoms with Crippen LogP contribution in [0.1, 0.15) is 26.2 Å². The van der Waals surface area contributed by atoms with E-state index in [0.717, 1.165) is 12.1 Å². The number of hydrogen-bond acceptors (Lipinski definition) is 3. The average molecular weight is 273 g/mol. The van der Waals surface area contributed by atoms with Gasteiger partial charge in [0.2, 0.25) is 0 Å². The largest absolute Gasteiger partial charge is 0.466 e. The molecule has 4 nitrogen and oxygen atoms in total. The summed E-state index contributed by atoms with van der Waals surface area (Å²) in [5.41, 5.74) is 1.98. The summed E-state index contributed by atoms with van der Waals surface area (Å²) in [6, 6.07) is 9.50. The number of hydrogen-bond donors (Lipinski definition) is 0. The number of benzene rings is 1. The van der Waals surface area contributed by atoms with E-state index in [1.807, 2.05) is 37.3 Å². The van der Waals surface area contributed by atoms with E-state index in [1.165, 1.54) is 7.11 Å². The van der Waals surface area contributed by atoms with Crippen molar-refractivity contribution in [2.24, 2.45) is 0 Å². The lowest BCUT2D eigenvalue weighted by molar-refractivity contribution is -0.136. The van der Waals surface area contributed by atoms with Crippen molar-refractivity contribution in [3.63, 3.8) is 0 Å². The SMILES string of the molecule is CCN(C(=O)C1=C(C(=O)OC)CCC1)c1ccccc1. The highest BCUT2D eigenvalue weighted by molar-refractivity contribution is 6.10. The first-order valence-electron chi connectivity index (χ1n) is 6.86. The fraction of sp³-hybridized carbons (Fsp3) is 0.375. The van der Waals surface area contributed by atoms with Crippen molar-refractivity contribution in [3.8, 4) is 0 Å². The fourth-order valence-corrected chi connectivity index (χ4v) is 2.54. The van der Waals surface area contributed by atoms with Crippen LogP contribution in [0.3, 0.4) is 0 Å². The van der Waals surface area contributed by atoms with Gasteiger partial charge in [-0.25, -0.2) is 4.79 Å². The Balaban J connectivity index is 2.31. The third kappa shape index (κ3) is 2.74. The number of esters is 1. The molecule has 0 unspecified atom stereocenters. The van der Waals surface area contributed by atoms with Gasteiger partial charge in [0.1, 0.15) is 0 Å². The van der Waals surface area contributed by atoms with Crippen LogP contribution >= 0.6 is 0 Å². The standard InChI is InChI=1S/C16H19NO3/c1-3-17(12-8-5-4-6-9-12)15(18)13-10-7-11-14(13)16(19)20-2/h4-6,8-9H,3,7,10-11H2,1-2H3. The molecule has 106 valence electrons. The van der Waals surface area contributed by atoms with Crippen molar-refractivity contribution in [1.82, 2.24) is 0 Å². The summed E-state index contributed by atoms with van der Waals surface area (Å²) in [6.07, 6.45) is 2.10. The summed E-state index contributed by atoms with van der Waals surface area (Å²) in [5.74, 6) is -0.466. The van der Waals surface area contributed by atoms with Crippen LogP contribution in [0.25, 0.3) is 0 Å². The normalized spacial score (nSPS) is 14.3. The third-order valence-corrected chi connectivity index (χ3v) is 3.54. The minimum atomic E-state index is -0.380. The molecule has 4 heteroatoms. The smallest absolute Gasteiger partial charge is 0.334 e. The van der Waals surface area contributed by atoms with Crippen molar-refractivity contribution in [1.29, 1.82) is 0 Å². The Morgan fingerprint density at radius 2 is 1.80 bits per heavy atom. The molecule has 0 bridgehead atoms. The summed E-state index contributed by atoms with van der Waals surface area (Å²) in [7, 11) is 1.35. The van der Waals surface area contributed by atoms with Gasteiger partial charge in [0.25, 0.3) is 5.91 Å². The molecule has 0 saturated carbocycles. The summed E-state index contributed by atoms with van der Waals surface area (Å²) in [4.78, 5) is 26.1. The molecular weight excluding hydrogens is 254 g/mol. The number of ether oxygens (including phenoxy) is 1. The average Bonchev–Trinajstić information content (AvgIpc) is 2.97. The monoisotopic (exact) mass is 273 g/mol. The molecule has 1 aromatic rings. The molecule has 0 aromatic heterocycles. The van der Waals surface area contributed by atoms with E-state index in [9.17, 15) is 9.59 Å². The highest BCUT2D eigenvalue weighted by Gasteiger charge is 2.29. The Labute approximate surface area is 119 Å². The van der Waals surface area contributed by atoms with Crippen LogP contribution in [0.4, 0.5) is 5.69 Å².